The van der Waals surface area contributed by atoms with E-state index in [0.29, 0.717) is 0 Å². The summed E-state index contributed by atoms with van der Waals surface area (Å²) >= 11 is 3.56. The summed E-state index contributed by atoms with van der Waals surface area (Å²) in [4.78, 5) is 15.9. The molecule has 0 atom stereocenters. The van der Waals surface area contributed by atoms with Gasteiger partial charge in [0.15, 0.2) is 0 Å². The van der Waals surface area contributed by atoms with E-state index >= 15 is 0 Å². The van der Waals surface area contributed by atoms with E-state index in [1.165, 1.54) is 43.1 Å². The maximum Gasteiger partial charge on any atom is 0.101 e. The molecular weight excluding hydrogens is 697 g/mol. The normalized spacial score (nSPS) is 11.0. The molecule has 9 aromatic rings. The molecule has 0 radical (unpaired) electrons. The van der Waals surface area contributed by atoms with E-state index in [1.807, 2.05) is 49.1 Å². The molecule has 0 bridgehead atoms. The second kappa shape index (κ2) is 15.2. The Morgan fingerprint density at radius 3 is 1.13 bits per heavy atom. The molecular formula is C48H34N4S2. The quantitative estimate of drug-likeness (QED) is 0.140. The highest BCUT2D eigenvalue weighted by Gasteiger charge is 2.18. The van der Waals surface area contributed by atoms with Crippen LogP contribution in [0.2, 0.25) is 0 Å². The molecule has 0 fully saturated rings. The van der Waals surface area contributed by atoms with Gasteiger partial charge < -0.3 is 9.80 Å². The molecule has 0 aliphatic heterocycles. The van der Waals surface area contributed by atoms with Gasteiger partial charge in [-0.25, -0.2) is 0 Å². The van der Waals surface area contributed by atoms with Crippen LogP contribution in [-0.2, 0) is 0 Å². The van der Waals surface area contributed by atoms with Crippen LogP contribution in [0.3, 0.4) is 0 Å². The van der Waals surface area contributed by atoms with Crippen molar-refractivity contribution in [3.63, 3.8) is 0 Å². The number of aromatic nitrogens is 2. The van der Waals surface area contributed by atoms with E-state index in [4.69, 9.17) is 0 Å². The van der Waals surface area contributed by atoms with E-state index in [1.54, 1.807) is 22.7 Å². The van der Waals surface area contributed by atoms with E-state index in [0.717, 1.165) is 32.8 Å². The summed E-state index contributed by atoms with van der Waals surface area (Å²) in [6.07, 6.45) is 7.48. The van der Waals surface area contributed by atoms with Crippen LogP contribution in [0.25, 0.3) is 43.1 Å². The second-order valence-corrected chi connectivity index (χ2v) is 14.9. The van der Waals surface area contributed by atoms with E-state index in [2.05, 4.69) is 177 Å². The minimum absolute atomic E-state index is 1.02. The van der Waals surface area contributed by atoms with Crippen LogP contribution in [0.15, 0.2) is 207 Å². The highest BCUT2D eigenvalue weighted by atomic mass is 32.1. The van der Waals surface area contributed by atoms with Crippen LogP contribution in [0.4, 0.5) is 32.8 Å². The number of rotatable bonds is 10. The van der Waals surface area contributed by atoms with Crippen molar-refractivity contribution in [3.8, 4) is 43.1 Å². The molecule has 0 aliphatic carbocycles. The Labute approximate surface area is 323 Å². The van der Waals surface area contributed by atoms with Gasteiger partial charge >= 0.3 is 0 Å². The molecule has 54 heavy (non-hydrogen) atoms. The predicted molar refractivity (Wildman–Crippen MR) is 229 cm³/mol. The van der Waals surface area contributed by atoms with Gasteiger partial charge in [0, 0.05) is 33.5 Å². The fraction of sp³-hybridized carbons (Fsp3) is 0. The zero-order chi connectivity index (χ0) is 36.1. The molecule has 0 saturated heterocycles. The molecule has 4 heterocycles. The molecule has 0 amide bonds. The molecule has 0 N–H and O–H groups in total. The van der Waals surface area contributed by atoms with Crippen LogP contribution in [-0.4, -0.2) is 9.97 Å². The van der Waals surface area contributed by atoms with Crippen LogP contribution in [0.5, 0.6) is 0 Å². The number of benzene rings is 5. The van der Waals surface area contributed by atoms with Gasteiger partial charge in [0.05, 0.1) is 23.8 Å². The third kappa shape index (κ3) is 6.96. The summed E-state index contributed by atoms with van der Waals surface area (Å²) in [5.74, 6) is 0. The van der Waals surface area contributed by atoms with Crippen LogP contribution in [0.1, 0.15) is 0 Å². The second-order valence-electron chi connectivity index (χ2n) is 12.8. The summed E-state index contributed by atoms with van der Waals surface area (Å²) in [5, 5.41) is 2.25. The number of anilines is 6. The van der Waals surface area contributed by atoms with E-state index < -0.39 is 0 Å². The standard InChI is InChI=1S/C48H34N4S2/c1-3-10-35(11-4-1)37-18-22-41(23-19-37)51(43-16-8-30-49-33-43)47-28-26-45(53-47)39-14-7-15-40(32-39)46-27-29-48(54-46)52(44-17-9-31-50-34-44)42-24-20-38(21-25-42)36-12-5-2-6-13-36/h1-34H. The van der Waals surface area contributed by atoms with Gasteiger partial charge in [-0.15, -0.1) is 22.7 Å². The van der Waals surface area contributed by atoms with Crippen molar-refractivity contribution in [1.29, 1.82) is 0 Å². The molecule has 0 spiro atoms. The average Bonchev–Trinajstić information content (AvgIpc) is 3.95. The van der Waals surface area contributed by atoms with Gasteiger partial charge in [-0.2, -0.15) is 0 Å². The van der Waals surface area contributed by atoms with E-state index in [-0.39, 0.29) is 0 Å². The summed E-state index contributed by atoms with van der Waals surface area (Å²) in [5.41, 5.74) is 11.4. The number of hydrogen-bond acceptors (Lipinski definition) is 6. The van der Waals surface area contributed by atoms with Crippen molar-refractivity contribution >= 4 is 55.4 Å². The zero-order valence-electron chi connectivity index (χ0n) is 29.2. The number of pyridine rings is 2. The average molecular weight is 731 g/mol. The molecule has 0 saturated carbocycles. The fourth-order valence-corrected chi connectivity index (χ4v) is 8.77. The Morgan fingerprint density at radius 2 is 0.722 bits per heavy atom. The number of hydrogen-bond donors (Lipinski definition) is 0. The molecule has 258 valence electrons. The summed E-state index contributed by atoms with van der Waals surface area (Å²) in [6, 6.07) is 64.5. The molecule has 4 nitrogen and oxygen atoms in total. The van der Waals surface area contributed by atoms with Crippen molar-refractivity contribution < 1.29 is 0 Å². The Kier molecular flexibility index (Phi) is 9.34. The monoisotopic (exact) mass is 730 g/mol. The maximum absolute atomic E-state index is 4.46. The predicted octanol–water partition coefficient (Wildman–Crippen LogP) is 14.2. The van der Waals surface area contributed by atoms with Gasteiger partial charge in [-0.3, -0.25) is 9.97 Å². The fourth-order valence-electron chi connectivity index (χ4n) is 6.68. The van der Waals surface area contributed by atoms with Crippen molar-refractivity contribution in [2.75, 3.05) is 9.80 Å². The van der Waals surface area contributed by atoms with Gasteiger partial charge in [0.25, 0.3) is 0 Å². The summed E-state index contributed by atoms with van der Waals surface area (Å²) < 4.78 is 0. The molecule has 9 rings (SSSR count). The van der Waals surface area contributed by atoms with Gasteiger partial charge in [-0.1, -0.05) is 103 Å². The highest BCUT2D eigenvalue weighted by molar-refractivity contribution is 7.20. The lowest BCUT2D eigenvalue weighted by atomic mass is 10.1. The lowest BCUT2D eigenvalue weighted by Crippen LogP contribution is -2.08. The van der Waals surface area contributed by atoms with Crippen LogP contribution in [0, 0.1) is 0 Å². The summed E-state index contributed by atoms with van der Waals surface area (Å²) in [6.45, 7) is 0. The first kappa shape index (κ1) is 33.3. The molecule has 0 aliphatic rings. The molecule has 0 unspecified atom stereocenters. The lowest BCUT2D eigenvalue weighted by molar-refractivity contribution is 1.25. The smallest absolute Gasteiger partial charge is 0.101 e. The number of thiophene rings is 2. The van der Waals surface area contributed by atoms with Gasteiger partial charge in [0.1, 0.15) is 10.0 Å². The maximum atomic E-state index is 4.46. The Balaban J connectivity index is 1.01. The molecule has 5 aromatic carbocycles. The van der Waals surface area contributed by atoms with Gasteiger partial charge in [0.2, 0.25) is 0 Å². The SMILES string of the molecule is c1ccc(-c2ccc(N(c3cccnc3)c3ccc(-c4cccc(-c5ccc(N(c6ccc(-c7ccccc7)cc6)c6cccnc6)s5)c4)s3)cc2)cc1. The van der Waals surface area contributed by atoms with E-state index in [9.17, 15) is 0 Å². The minimum Gasteiger partial charge on any atom is -0.300 e. The van der Waals surface area contributed by atoms with Crippen molar-refractivity contribution in [3.05, 3.63) is 207 Å². The first-order valence-electron chi connectivity index (χ1n) is 17.8. The van der Waals surface area contributed by atoms with Crippen LogP contribution < -0.4 is 9.80 Å². The first-order chi connectivity index (χ1) is 26.8. The largest absolute Gasteiger partial charge is 0.300 e. The zero-order valence-corrected chi connectivity index (χ0v) is 30.9. The Morgan fingerprint density at radius 1 is 0.315 bits per heavy atom. The topological polar surface area (TPSA) is 32.3 Å². The lowest BCUT2D eigenvalue weighted by Gasteiger charge is -2.23. The van der Waals surface area contributed by atoms with Crippen molar-refractivity contribution in [1.82, 2.24) is 9.97 Å². The third-order valence-corrected chi connectivity index (χ3v) is 11.6. The Bertz CT molecular complexity index is 2400. The summed E-state index contributed by atoms with van der Waals surface area (Å²) in [7, 11) is 0. The van der Waals surface area contributed by atoms with Crippen molar-refractivity contribution in [2.45, 2.75) is 0 Å². The first-order valence-corrected chi connectivity index (χ1v) is 19.4. The minimum atomic E-state index is 1.02. The number of nitrogens with zero attached hydrogens (tertiary/aromatic N) is 4. The third-order valence-electron chi connectivity index (χ3n) is 9.33. The molecule has 6 heteroatoms. The molecule has 4 aromatic heterocycles. The van der Waals surface area contributed by atoms with Crippen molar-refractivity contribution in [2.24, 2.45) is 0 Å². The Hall–Kier alpha value is -6.60. The van der Waals surface area contributed by atoms with Crippen LogP contribution >= 0.6 is 22.7 Å². The highest BCUT2D eigenvalue weighted by Crippen LogP contribution is 2.45. The van der Waals surface area contributed by atoms with Gasteiger partial charge in [-0.05, 0) is 112 Å².